The molecule has 2 amide bonds. The quantitative estimate of drug-likeness (QED) is 0.901. The minimum Gasteiger partial charge on any atom is -0.353 e. The maximum atomic E-state index is 12.5. The summed E-state index contributed by atoms with van der Waals surface area (Å²) in [6.45, 7) is 1.26. The largest absolute Gasteiger partial charge is 0.353 e. The number of rotatable bonds is 2. The van der Waals surface area contributed by atoms with Crippen molar-refractivity contribution in [3.63, 3.8) is 0 Å². The van der Waals surface area contributed by atoms with Gasteiger partial charge in [0.05, 0.1) is 5.69 Å². The van der Waals surface area contributed by atoms with Crippen LogP contribution in [0.3, 0.4) is 0 Å². The van der Waals surface area contributed by atoms with Gasteiger partial charge in [-0.05, 0) is 12.1 Å². The van der Waals surface area contributed by atoms with Crippen LogP contribution in [0.4, 0.5) is 0 Å². The number of thiazole rings is 1. The van der Waals surface area contributed by atoms with Gasteiger partial charge in [0.25, 0.3) is 11.8 Å². The lowest BCUT2D eigenvalue weighted by atomic mass is 10.2. The fourth-order valence-electron chi connectivity index (χ4n) is 2.45. The molecule has 22 heavy (non-hydrogen) atoms. The Labute approximate surface area is 132 Å². The summed E-state index contributed by atoms with van der Waals surface area (Å²) in [5.74, 6) is -0.133. The maximum Gasteiger partial charge on any atom is 0.280 e. The van der Waals surface area contributed by atoms with E-state index in [1.54, 1.807) is 31.6 Å². The number of aromatic nitrogens is 2. The molecule has 1 aliphatic rings. The molecule has 7 heteroatoms. The van der Waals surface area contributed by atoms with Crippen LogP contribution in [0.25, 0.3) is 0 Å². The predicted octanol–water partition coefficient (Wildman–Crippen LogP) is 1.14. The molecule has 6 nitrogen and oxygen atoms in total. The first kappa shape index (κ1) is 14.6. The lowest BCUT2D eigenvalue weighted by Crippen LogP contribution is -2.33. The van der Waals surface area contributed by atoms with Crippen molar-refractivity contribution < 1.29 is 9.59 Å². The number of amides is 2. The summed E-state index contributed by atoms with van der Waals surface area (Å²) < 4.78 is 0. The summed E-state index contributed by atoms with van der Waals surface area (Å²) in [6.07, 6.45) is 4.67. The van der Waals surface area contributed by atoms with Crippen LogP contribution in [0.1, 0.15) is 30.7 Å². The predicted molar refractivity (Wildman–Crippen MR) is 83.1 cm³/mol. The highest BCUT2D eigenvalue weighted by Crippen LogP contribution is 2.23. The van der Waals surface area contributed by atoms with E-state index in [0.29, 0.717) is 30.1 Å². The zero-order chi connectivity index (χ0) is 15.5. The minimum atomic E-state index is -0.150. The van der Waals surface area contributed by atoms with E-state index in [1.165, 1.54) is 11.3 Å². The molecule has 0 saturated heterocycles. The van der Waals surface area contributed by atoms with Crippen molar-refractivity contribution in [2.75, 3.05) is 20.1 Å². The summed E-state index contributed by atoms with van der Waals surface area (Å²) in [4.78, 5) is 35.4. The summed E-state index contributed by atoms with van der Waals surface area (Å²) in [5, 5.41) is 3.09. The van der Waals surface area contributed by atoms with Gasteiger partial charge >= 0.3 is 0 Å². The van der Waals surface area contributed by atoms with Gasteiger partial charge in [-0.15, -0.1) is 11.3 Å². The highest BCUT2D eigenvalue weighted by Gasteiger charge is 2.23. The van der Waals surface area contributed by atoms with Gasteiger partial charge in [-0.25, -0.2) is 4.98 Å². The first-order valence-corrected chi connectivity index (χ1v) is 7.90. The molecule has 0 saturated carbocycles. The molecule has 0 radical (unpaired) electrons. The van der Waals surface area contributed by atoms with Gasteiger partial charge in [0.1, 0.15) is 0 Å². The molecule has 1 aliphatic heterocycles. The zero-order valence-electron chi connectivity index (χ0n) is 12.2. The second-order valence-corrected chi connectivity index (χ2v) is 6.08. The Morgan fingerprint density at radius 3 is 2.68 bits per heavy atom. The van der Waals surface area contributed by atoms with Gasteiger partial charge in [-0.1, -0.05) is 0 Å². The van der Waals surface area contributed by atoms with Crippen molar-refractivity contribution in [2.24, 2.45) is 0 Å². The molecule has 2 aromatic heterocycles. The second-order valence-electron chi connectivity index (χ2n) is 5.00. The van der Waals surface area contributed by atoms with Crippen molar-refractivity contribution in [3.8, 4) is 0 Å². The van der Waals surface area contributed by atoms with Gasteiger partial charge in [0.2, 0.25) is 0 Å². The van der Waals surface area contributed by atoms with Crippen LogP contribution in [-0.4, -0.2) is 46.8 Å². The van der Waals surface area contributed by atoms with E-state index in [-0.39, 0.29) is 11.8 Å². The van der Waals surface area contributed by atoms with E-state index < -0.39 is 0 Å². The fraction of sp³-hybridized carbons (Fsp3) is 0.333. The normalized spacial score (nSPS) is 14.1. The Hall–Kier alpha value is -2.28. The first-order valence-electron chi connectivity index (χ1n) is 7.09. The van der Waals surface area contributed by atoms with Gasteiger partial charge < -0.3 is 10.2 Å². The lowest BCUT2D eigenvalue weighted by molar-refractivity contribution is 0.0762. The van der Waals surface area contributed by atoms with Crippen molar-refractivity contribution in [1.29, 1.82) is 0 Å². The molecular weight excluding hydrogens is 300 g/mol. The Bertz CT molecular complexity index is 673. The molecular formula is C15H16N4O2S. The Morgan fingerprint density at radius 2 is 1.95 bits per heavy atom. The van der Waals surface area contributed by atoms with E-state index >= 15 is 0 Å². The van der Waals surface area contributed by atoms with E-state index in [0.717, 1.165) is 17.0 Å². The summed E-state index contributed by atoms with van der Waals surface area (Å²) in [5.41, 5.74) is 1.59. The molecule has 114 valence electrons. The molecule has 0 aliphatic carbocycles. The smallest absolute Gasteiger partial charge is 0.280 e. The van der Waals surface area contributed by atoms with Gasteiger partial charge in [-0.3, -0.25) is 14.6 Å². The first-order chi connectivity index (χ1) is 10.7. The third-order valence-corrected chi connectivity index (χ3v) is 4.80. The number of nitrogens with zero attached hydrogens (tertiary/aromatic N) is 3. The van der Waals surface area contributed by atoms with E-state index in [2.05, 4.69) is 15.3 Å². The summed E-state index contributed by atoms with van der Waals surface area (Å²) >= 11 is 1.42. The molecule has 0 aromatic carbocycles. The van der Waals surface area contributed by atoms with Crippen LogP contribution >= 0.6 is 11.3 Å². The molecule has 2 aromatic rings. The van der Waals surface area contributed by atoms with Crippen LogP contribution in [-0.2, 0) is 12.8 Å². The average molecular weight is 316 g/mol. The summed E-state index contributed by atoms with van der Waals surface area (Å²) in [7, 11) is 1.60. The molecule has 0 fully saturated rings. The third kappa shape index (κ3) is 2.85. The van der Waals surface area contributed by atoms with Gasteiger partial charge in [0, 0.05) is 55.8 Å². The number of nitrogens with one attached hydrogen (secondary N) is 1. The Balaban J connectivity index is 1.73. The lowest BCUT2D eigenvalue weighted by Gasteiger charge is -2.20. The SMILES string of the molecule is CNC(=O)c1nc2c(s1)CCN(C(=O)c1ccncc1)CC2. The zero-order valence-corrected chi connectivity index (χ0v) is 13.0. The van der Waals surface area contributed by atoms with Crippen LogP contribution in [0.5, 0.6) is 0 Å². The standard InChI is InChI=1S/C15H16N4O2S/c1-16-13(20)14-18-11-4-8-19(9-5-12(11)22-14)15(21)10-2-6-17-7-3-10/h2-3,6-7H,4-5,8-9H2,1H3,(H,16,20). The molecule has 0 unspecified atom stereocenters. The number of carbonyl (C=O) groups is 2. The molecule has 3 heterocycles. The number of fused-ring (bicyclic) bond motifs is 1. The van der Waals surface area contributed by atoms with Gasteiger partial charge in [0.15, 0.2) is 5.01 Å². The van der Waals surface area contributed by atoms with Crippen molar-refractivity contribution in [1.82, 2.24) is 20.2 Å². The third-order valence-electron chi connectivity index (χ3n) is 3.64. The number of pyridine rings is 1. The maximum absolute atomic E-state index is 12.5. The van der Waals surface area contributed by atoms with E-state index in [9.17, 15) is 9.59 Å². The van der Waals surface area contributed by atoms with Crippen molar-refractivity contribution in [3.05, 3.63) is 45.7 Å². The molecule has 0 spiro atoms. The van der Waals surface area contributed by atoms with Crippen LogP contribution in [0.2, 0.25) is 0 Å². The van der Waals surface area contributed by atoms with Crippen LogP contribution in [0.15, 0.2) is 24.5 Å². The molecule has 1 N–H and O–H groups in total. The number of hydrogen-bond acceptors (Lipinski definition) is 5. The average Bonchev–Trinajstić information content (AvgIpc) is 2.88. The van der Waals surface area contributed by atoms with Crippen molar-refractivity contribution in [2.45, 2.75) is 12.8 Å². The van der Waals surface area contributed by atoms with Gasteiger partial charge in [-0.2, -0.15) is 0 Å². The minimum absolute atomic E-state index is 0.0177. The Kier molecular flexibility index (Phi) is 4.15. The van der Waals surface area contributed by atoms with E-state index in [1.807, 2.05) is 4.90 Å². The monoisotopic (exact) mass is 316 g/mol. The molecule has 0 atom stereocenters. The highest BCUT2D eigenvalue weighted by molar-refractivity contribution is 7.13. The number of carbonyl (C=O) groups excluding carboxylic acids is 2. The molecule has 0 bridgehead atoms. The fourth-order valence-corrected chi connectivity index (χ4v) is 3.49. The van der Waals surface area contributed by atoms with Crippen LogP contribution in [0, 0.1) is 0 Å². The topological polar surface area (TPSA) is 75.2 Å². The Morgan fingerprint density at radius 1 is 1.23 bits per heavy atom. The van der Waals surface area contributed by atoms with Crippen molar-refractivity contribution >= 4 is 23.2 Å². The van der Waals surface area contributed by atoms with E-state index in [4.69, 9.17) is 0 Å². The molecule has 3 rings (SSSR count). The van der Waals surface area contributed by atoms with Crippen LogP contribution < -0.4 is 5.32 Å². The summed E-state index contributed by atoms with van der Waals surface area (Å²) in [6, 6.07) is 3.45. The highest BCUT2D eigenvalue weighted by atomic mass is 32.1. The second kappa shape index (κ2) is 6.23. The number of hydrogen-bond donors (Lipinski definition) is 1.